The maximum atomic E-state index is 13.9. The molecule has 2 amide bonds. The monoisotopic (exact) mass is 518 g/mol. The van der Waals surface area contributed by atoms with E-state index >= 15 is 0 Å². The van der Waals surface area contributed by atoms with Crippen LogP contribution >= 0.6 is 0 Å². The van der Waals surface area contributed by atoms with Crippen LogP contribution in [0, 0.1) is 5.92 Å². The van der Waals surface area contributed by atoms with Gasteiger partial charge in [-0.05, 0) is 25.3 Å². The van der Waals surface area contributed by atoms with Crippen LogP contribution in [-0.4, -0.2) is 62.0 Å². The highest BCUT2D eigenvalue weighted by Gasteiger charge is 2.40. The zero-order valence-electron chi connectivity index (χ0n) is 23.7. The number of carbonyl (C=O) groups is 4. The number of benzene rings is 2. The van der Waals surface area contributed by atoms with Crippen LogP contribution in [0.15, 0.2) is 66.2 Å². The summed E-state index contributed by atoms with van der Waals surface area (Å²) in [6.07, 6.45) is 1.74. The molecule has 2 aromatic carbocycles. The molecule has 0 unspecified atom stereocenters. The van der Waals surface area contributed by atoms with E-state index in [2.05, 4.69) is 5.32 Å². The van der Waals surface area contributed by atoms with Gasteiger partial charge in [0.15, 0.2) is 11.6 Å². The smallest absolute Gasteiger partial charge is 0.333 e. The predicted octanol–water partition coefficient (Wildman–Crippen LogP) is 3.90. The average molecular weight is 518 g/mol. The third kappa shape index (κ3) is 7.43. The molecular formula is C30H39BN2O5. The fourth-order valence-corrected chi connectivity index (χ4v) is 4.40. The Labute approximate surface area is 227 Å². The average Bonchev–Trinajstić information content (AvgIpc) is 2.89. The SMILES string of the molecule is BC(=O)N[C@H](C(=O)N(C)[C@H](/C=C(\C)C(=O)OCC)C(C)C)C(C)(C)c1ccc(C(=O)c2ccccc2)cc1. The Morgan fingerprint density at radius 3 is 2.05 bits per heavy atom. The number of likely N-dealkylation sites (N-methyl/N-ethyl adjacent to an activating group) is 1. The second-order valence-corrected chi connectivity index (χ2v) is 10.4. The second-order valence-electron chi connectivity index (χ2n) is 10.4. The minimum atomic E-state index is -0.891. The highest BCUT2D eigenvalue weighted by Crippen LogP contribution is 2.30. The number of nitrogens with zero attached hydrogens (tertiary/aromatic N) is 1. The molecule has 0 aliphatic rings. The molecule has 8 heteroatoms. The van der Waals surface area contributed by atoms with Crippen molar-refractivity contribution in [3.05, 3.63) is 82.9 Å². The topological polar surface area (TPSA) is 92.8 Å². The maximum absolute atomic E-state index is 13.9. The molecule has 0 aromatic heterocycles. The van der Waals surface area contributed by atoms with Gasteiger partial charge in [-0.1, -0.05) is 88.4 Å². The lowest BCUT2D eigenvalue weighted by Crippen LogP contribution is -2.58. The van der Waals surface area contributed by atoms with Gasteiger partial charge in [0.1, 0.15) is 6.04 Å². The Kier molecular flexibility index (Phi) is 10.6. The summed E-state index contributed by atoms with van der Waals surface area (Å²) in [6.45, 7) is 11.4. The van der Waals surface area contributed by atoms with Crippen molar-refractivity contribution in [3.8, 4) is 0 Å². The van der Waals surface area contributed by atoms with E-state index in [1.165, 1.54) is 7.85 Å². The largest absolute Gasteiger partial charge is 0.463 e. The third-order valence-electron chi connectivity index (χ3n) is 6.74. The van der Waals surface area contributed by atoms with Gasteiger partial charge in [-0.15, -0.1) is 0 Å². The van der Waals surface area contributed by atoms with E-state index in [9.17, 15) is 19.2 Å². The van der Waals surface area contributed by atoms with E-state index in [1.54, 1.807) is 56.1 Å². The molecule has 0 aliphatic heterocycles. The minimum Gasteiger partial charge on any atom is -0.463 e. The van der Waals surface area contributed by atoms with Crippen molar-refractivity contribution in [1.29, 1.82) is 0 Å². The van der Waals surface area contributed by atoms with Crippen molar-refractivity contribution in [2.24, 2.45) is 5.92 Å². The standard InChI is InChI=1S/C30H39BN2O5/c1-8-38-28(36)20(4)18-24(19(2)3)33(7)27(35)26(32-29(31)37)30(5,6)23-16-14-22(15-17-23)25(34)21-12-10-9-11-13-21/h9-19,24,26H,8,31H2,1-7H3,(H,32,37)/b20-18+/t24-,26-/m1/s1. The molecule has 202 valence electrons. The molecule has 0 bridgehead atoms. The molecule has 2 rings (SSSR count). The van der Waals surface area contributed by atoms with E-state index in [4.69, 9.17) is 4.74 Å². The molecule has 1 N–H and O–H groups in total. The zero-order chi connectivity index (χ0) is 28.6. The van der Waals surface area contributed by atoms with E-state index in [1.807, 2.05) is 58.0 Å². The van der Waals surface area contributed by atoms with Gasteiger partial charge in [0.2, 0.25) is 13.8 Å². The van der Waals surface area contributed by atoms with Crippen LogP contribution in [0.2, 0.25) is 0 Å². The summed E-state index contributed by atoms with van der Waals surface area (Å²) in [7, 11) is 3.05. The van der Waals surface area contributed by atoms with Gasteiger partial charge in [0, 0.05) is 29.2 Å². The summed E-state index contributed by atoms with van der Waals surface area (Å²) < 4.78 is 5.10. The molecule has 0 saturated carbocycles. The molecule has 0 aliphatic carbocycles. The molecule has 2 aromatic rings. The number of esters is 1. The van der Waals surface area contributed by atoms with Crippen molar-refractivity contribution in [2.45, 2.75) is 59.0 Å². The van der Waals surface area contributed by atoms with E-state index in [-0.39, 0.29) is 30.0 Å². The van der Waals surface area contributed by atoms with Crippen LogP contribution in [0.1, 0.15) is 63.0 Å². The first kappa shape index (κ1) is 30.5. The lowest BCUT2D eigenvalue weighted by molar-refractivity contribution is -0.139. The molecule has 38 heavy (non-hydrogen) atoms. The Hall–Kier alpha value is -3.68. The first-order chi connectivity index (χ1) is 17.8. The van der Waals surface area contributed by atoms with Crippen molar-refractivity contribution in [2.75, 3.05) is 13.7 Å². The number of carbonyl (C=O) groups excluding carboxylic acids is 4. The van der Waals surface area contributed by atoms with Gasteiger partial charge in [-0.25, -0.2) is 4.79 Å². The normalized spacial score (nSPS) is 13.4. The quantitative estimate of drug-likeness (QED) is 0.211. The predicted molar refractivity (Wildman–Crippen MR) is 152 cm³/mol. The number of nitrogens with one attached hydrogen (secondary N) is 1. The number of hydrogen-bond donors (Lipinski definition) is 1. The van der Waals surface area contributed by atoms with Crippen LogP contribution in [0.25, 0.3) is 0 Å². The van der Waals surface area contributed by atoms with Gasteiger partial charge in [-0.2, -0.15) is 0 Å². The van der Waals surface area contributed by atoms with Gasteiger partial charge in [-0.3, -0.25) is 14.4 Å². The lowest BCUT2D eigenvalue weighted by Gasteiger charge is -2.39. The molecule has 0 fully saturated rings. The number of ether oxygens (including phenoxy) is 1. The number of hydrogen-bond acceptors (Lipinski definition) is 5. The summed E-state index contributed by atoms with van der Waals surface area (Å²) in [5.74, 6) is -1.14. The second kappa shape index (κ2) is 13.2. The molecule has 0 spiro atoms. The summed E-state index contributed by atoms with van der Waals surface area (Å²) in [5.41, 5.74) is 1.53. The molecule has 2 atom stereocenters. The molecular weight excluding hydrogens is 479 g/mol. The number of amides is 2. The van der Waals surface area contributed by atoms with E-state index < -0.39 is 23.5 Å². The van der Waals surface area contributed by atoms with E-state index in [0.29, 0.717) is 16.7 Å². The summed E-state index contributed by atoms with van der Waals surface area (Å²) in [5, 5.41) is 2.84. The Morgan fingerprint density at radius 2 is 1.55 bits per heavy atom. The van der Waals surface area contributed by atoms with Crippen LogP contribution < -0.4 is 5.32 Å². The van der Waals surface area contributed by atoms with Gasteiger partial charge >= 0.3 is 5.97 Å². The zero-order valence-corrected chi connectivity index (χ0v) is 23.7. The summed E-state index contributed by atoms with van der Waals surface area (Å²) in [6, 6.07) is 14.9. The van der Waals surface area contributed by atoms with Crippen molar-refractivity contribution in [3.63, 3.8) is 0 Å². The Bertz CT molecular complexity index is 1170. The van der Waals surface area contributed by atoms with Crippen LogP contribution in [0.5, 0.6) is 0 Å². The molecule has 0 saturated heterocycles. The van der Waals surface area contributed by atoms with Crippen molar-refractivity contribution < 1.29 is 23.9 Å². The highest BCUT2D eigenvalue weighted by atomic mass is 16.5. The summed E-state index contributed by atoms with van der Waals surface area (Å²) >= 11 is 0. The van der Waals surface area contributed by atoms with Crippen molar-refractivity contribution in [1.82, 2.24) is 10.2 Å². The fourth-order valence-electron chi connectivity index (χ4n) is 4.40. The fraction of sp³-hybridized carbons (Fsp3) is 0.400. The molecule has 0 heterocycles. The summed E-state index contributed by atoms with van der Waals surface area (Å²) in [4.78, 5) is 52.7. The third-order valence-corrected chi connectivity index (χ3v) is 6.74. The minimum absolute atomic E-state index is 0.00213. The van der Waals surface area contributed by atoms with Crippen LogP contribution in [0.3, 0.4) is 0 Å². The van der Waals surface area contributed by atoms with Gasteiger partial charge in [0.05, 0.1) is 12.6 Å². The lowest BCUT2D eigenvalue weighted by atomic mass is 9.76. The molecule has 7 nitrogen and oxygen atoms in total. The van der Waals surface area contributed by atoms with Gasteiger partial charge in [0.25, 0.3) is 0 Å². The number of rotatable bonds is 11. The first-order valence-electron chi connectivity index (χ1n) is 12.9. The Balaban J connectivity index is 2.40. The van der Waals surface area contributed by atoms with Gasteiger partial charge < -0.3 is 15.0 Å². The highest BCUT2D eigenvalue weighted by molar-refractivity contribution is 6.57. The van der Waals surface area contributed by atoms with Crippen molar-refractivity contribution >= 4 is 31.3 Å². The van der Waals surface area contributed by atoms with E-state index in [0.717, 1.165) is 5.56 Å². The van der Waals surface area contributed by atoms with Crippen LogP contribution in [0.4, 0.5) is 4.79 Å². The molecule has 0 radical (unpaired) electrons. The first-order valence-corrected chi connectivity index (χ1v) is 12.9. The van der Waals surface area contributed by atoms with Crippen LogP contribution in [-0.2, 0) is 19.7 Å². The number of ketones is 1. The Morgan fingerprint density at radius 1 is 1.00 bits per heavy atom. The maximum Gasteiger partial charge on any atom is 0.333 e.